The summed E-state index contributed by atoms with van der Waals surface area (Å²) >= 11 is 0. The Kier molecular flexibility index (Phi) is 78.9. The minimum absolute atomic E-state index is 0.0350. The van der Waals surface area contributed by atoms with Gasteiger partial charge in [0.15, 0.2) is 6.10 Å². The molecule has 0 aliphatic heterocycles. The fourth-order valence-electron chi connectivity index (χ4n) is 13.4. The number of allylic oxidation sites excluding steroid dienone is 10. The van der Waals surface area contributed by atoms with Crippen LogP contribution in [-0.4, -0.2) is 74.9 Å². The summed E-state index contributed by atoms with van der Waals surface area (Å²) in [5.74, 6) is -0.769. The molecule has 0 spiro atoms. The Hall–Kier alpha value is -2.29. The second-order valence-electron chi connectivity index (χ2n) is 31.3. The molecule has 0 radical (unpaired) electrons. The Labute approximate surface area is 623 Å². The first-order valence-electron chi connectivity index (χ1n) is 44.0. The van der Waals surface area contributed by atoms with Crippen LogP contribution in [0.15, 0.2) is 60.8 Å². The zero-order valence-corrected chi connectivity index (χ0v) is 68.4. The van der Waals surface area contributed by atoms with Gasteiger partial charge in [-0.2, -0.15) is 0 Å². The fraction of sp³-hybridized carbons (Fsp3) is 0.867. The normalized spacial score (nSPS) is 13.2. The first kappa shape index (κ1) is 97.7. The molecule has 9 nitrogen and oxygen atoms in total. The molecule has 0 amide bonds. The highest BCUT2D eigenvalue weighted by Gasteiger charge is 2.27. The van der Waals surface area contributed by atoms with E-state index >= 15 is 0 Å². The minimum atomic E-state index is -4.40. The number of ether oxygens (including phenoxy) is 2. The number of unbranched alkanes of at least 4 members (excludes halogenated alkanes) is 59. The Morgan fingerprint density at radius 1 is 0.320 bits per heavy atom. The molecular weight excluding hydrogens is 1250 g/mol. The Morgan fingerprint density at radius 3 is 0.860 bits per heavy atom. The second-order valence-corrected chi connectivity index (χ2v) is 32.7. The van der Waals surface area contributed by atoms with Crippen LogP contribution >= 0.6 is 7.82 Å². The molecule has 100 heavy (non-hydrogen) atoms. The van der Waals surface area contributed by atoms with Gasteiger partial charge < -0.3 is 18.9 Å². The highest BCUT2D eigenvalue weighted by atomic mass is 31.2. The molecule has 0 heterocycles. The lowest BCUT2D eigenvalue weighted by molar-refractivity contribution is -0.870. The van der Waals surface area contributed by atoms with Gasteiger partial charge >= 0.3 is 19.8 Å². The van der Waals surface area contributed by atoms with Crippen molar-refractivity contribution >= 4 is 19.8 Å². The number of likely N-dealkylation sites (N-methyl/N-ethyl adjacent to an activating group) is 1. The summed E-state index contributed by atoms with van der Waals surface area (Å²) in [4.78, 5) is 36.1. The summed E-state index contributed by atoms with van der Waals surface area (Å²) in [5, 5.41) is 0. The van der Waals surface area contributed by atoms with Gasteiger partial charge in [-0.15, -0.1) is 0 Å². The van der Waals surface area contributed by atoms with E-state index in [0.29, 0.717) is 23.9 Å². The number of rotatable bonds is 83. The van der Waals surface area contributed by atoms with Crippen LogP contribution in [-0.2, 0) is 32.7 Å². The fourth-order valence-corrected chi connectivity index (χ4v) is 14.1. The van der Waals surface area contributed by atoms with E-state index in [4.69, 9.17) is 18.5 Å². The third-order valence-corrected chi connectivity index (χ3v) is 21.0. The molecule has 588 valence electrons. The summed E-state index contributed by atoms with van der Waals surface area (Å²) in [5.41, 5.74) is 0. The standard InChI is InChI=1S/C90H170NO8P/c1-6-8-10-12-14-16-18-20-22-24-26-28-30-32-34-36-38-40-42-44-45-47-49-51-53-55-57-59-61-63-65-67-69-71-73-75-77-79-81-83-90(93)99-88(87-98-100(94,95)97-85-84-91(3,4)5)86-96-89(92)82-80-78-76-74-72-70-68-66-64-62-60-58-56-54-52-50-48-46-43-41-39-37-35-33-31-29-27-25-23-21-19-17-15-13-11-9-7-2/h8,10,14,16,20,22,25-28,88H,6-7,9,11-13,15,17-19,21,23-24,29-87H2,1-5H3/p+1/b10-8-,16-14-,22-20-,27-25-,28-26-. The van der Waals surface area contributed by atoms with E-state index in [2.05, 4.69) is 74.6 Å². The van der Waals surface area contributed by atoms with Gasteiger partial charge in [-0.1, -0.05) is 421 Å². The molecule has 0 bridgehead atoms. The first-order valence-corrected chi connectivity index (χ1v) is 45.5. The van der Waals surface area contributed by atoms with Crippen molar-refractivity contribution in [2.75, 3.05) is 47.5 Å². The molecule has 0 saturated carbocycles. The van der Waals surface area contributed by atoms with E-state index in [9.17, 15) is 19.0 Å². The van der Waals surface area contributed by atoms with Gasteiger partial charge in [0, 0.05) is 12.8 Å². The number of quaternary nitrogens is 1. The van der Waals surface area contributed by atoms with Crippen molar-refractivity contribution in [1.82, 2.24) is 0 Å². The van der Waals surface area contributed by atoms with Crippen LogP contribution in [0.3, 0.4) is 0 Å². The predicted molar refractivity (Wildman–Crippen MR) is 436 cm³/mol. The quantitative estimate of drug-likeness (QED) is 0.0211. The van der Waals surface area contributed by atoms with Gasteiger partial charge in [0.2, 0.25) is 0 Å². The van der Waals surface area contributed by atoms with Gasteiger partial charge in [0.05, 0.1) is 27.7 Å². The smallest absolute Gasteiger partial charge is 0.462 e. The third kappa shape index (κ3) is 84.6. The molecule has 0 aromatic carbocycles. The van der Waals surface area contributed by atoms with Crippen molar-refractivity contribution in [3.8, 4) is 0 Å². The maximum atomic E-state index is 12.9. The molecule has 0 aliphatic rings. The van der Waals surface area contributed by atoms with E-state index in [0.717, 1.165) is 57.8 Å². The van der Waals surface area contributed by atoms with Crippen LogP contribution in [0, 0.1) is 0 Å². The van der Waals surface area contributed by atoms with Gasteiger partial charge in [-0.3, -0.25) is 18.6 Å². The summed E-state index contributed by atoms with van der Waals surface area (Å²) in [6, 6.07) is 0. The summed E-state index contributed by atoms with van der Waals surface area (Å²) in [6.07, 6.45) is 110. The third-order valence-electron chi connectivity index (χ3n) is 20.0. The van der Waals surface area contributed by atoms with E-state index < -0.39 is 26.5 Å². The van der Waals surface area contributed by atoms with E-state index in [1.807, 2.05) is 21.1 Å². The molecule has 0 aliphatic carbocycles. The molecule has 0 rings (SSSR count). The van der Waals surface area contributed by atoms with Crippen molar-refractivity contribution in [3.05, 3.63) is 60.8 Å². The SMILES string of the molecule is CC/C=C\C/C=C\C/C=C\C/C=C\CCCCCCCCCCCCCCCCCCCCCCCCCCCCC(=O)OC(COC(=O)CCCCCCCCCCCCCCCCCCCCCCCCCCC/C=C\CCCCCCCCCC)COP(=O)(O)OCC[N+](C)(C)C. The molecule has 1 N–H and O–H groups in total. The van der Waals surface area contributed by atoms with Gasteiger partial charge in [-0.05, 0) is 77.0 Å². The van der Waals surface area contributed by atoms with Crippen molar-refractivity contribution in [2.24, 2.45) is 0 Å². The van der Waals surface area contributed by atoms with Crippen LogP contribution in [0.25, 0.3) is 0 Å². The van der Waals surface area contributed by atoms with Crippen molar-refractivity contribution < 1.29 is 42.1 Å². The topological polar surface area (TPSA) is 108 Å². The van der Waals surface area contributed by atoms with Crippen LogP contribution in [0.5, 0.6) is 0 Å². The minimum Gasteiger partial charge on any atom is -0.462 e. The van der Waals surface area contributed by atoms with Crippen LogP contribution in [0.2, 0.25) is 0 Å². The molecule has 0 aromatic heterocycles. The van der Waals surface area contributed by atoms with Crippen molar-refractivity contribution in [3.63, 3.8) is 0 Å². The lowest BCUT2D eigenvalue weighted by Gasteiger charge is -2.24. The van der Waals surface area contributed by atoms with E-state index in [-0.39, 0.29) is 25.6 Å². The lowest BCUT2D eigenvalue weighted by Crippen LogP contribution is -2.37. The molecule has 10 heteroatoms. The van der Waals surface area contributed by atoms with E-state index in [1.165, 1.54) is 360 Å². The number of hydrogen-bond acceptors (Lipinski definition) is 7. The average Bonchev–Trinajstić information content (AvgIpc) is 1.07. The maximum Gasteiger partial charge on any atom is 0.472 e. The molecule has 2 atom stereocenters. The molecule has 2 unspecified atom stereocenters. The van der Waals surface area contributed by atoms with Crippen LogP contribution in [0.1, 0.15) is 450 Å². The van der Waals surface area contributed by atoms with E-state index in [1.54, 1.807) is 0 Å². The summed E-state index contributed by atoms with van der Waals surface area (Å²) in [6.45, 7) is 4.40. The van der Waals surface area contributed by atoms with Crippen LogP contribution in [0.4, 0.5) is 0 Å². The van der Waals surface area contributed by atoms with Gasteiger partial charge in [0.1, 0.15) is 19.8 Å². The number of nitrogens with zero attached hydrogens (tertiary/aromatic N) is 1. The molecule has 0 aromatic rings. The average molecular weight is 1430 g/mol. The number of hydrogen-bond donors (Lipinski definition) is 1. The Balaban J connectivity index is 3.85. The summed E-state index contributed by atoms with van der Waals surface area (Å²) < 4.78 is 34.9. The molecular formula is C90H171NO8P+. The largest absolute Gasteiger partial charge is 0.472 e. The van der Waals surface area contributed by atoms with Crippen LogP contribution < -0.4 is 0 Å². The number of phosphoric ester groups is 1. The monoisotopic (exact) mass is 1430 g/mol. The Bertz CT molecular complexity index is 1870. The summed E-state index contributed by atoms with van der Waals surface area (Å²) in [7, 11) is 1.50. The lowest BCUT2D eigenvalue weighted by atomic mass is 10.0. The highest BCUT2D eigenvalue weighted by molar-refractivity contribution is 7.47. The first-order chi connectivity index (χ1) is 49.0. The van der Waals surface area contributed by atoms with Crippen molar-refractivity contribution in [2.45, 2.75) is 457 Å². The maximum absolute atomic E-state index is 12.9. The number of esters is 2. The number of carbonyl (C=O) groups is 2. The predicted octanol–water partition coefficient (Wildman–Crippen LogP) is 29.6. The number of carbonyl (C=O) groups excluding carboxylic acids is 2. The Morgan fingerprint density at radius 2 is 0.570 bits per heavy atom. The highest BCUT2D eigenvalue weighted by Crippen LogP contribution is 2.43. The second kappa shape index (κ2) is 80.8. The number of phosphoric acid groups is 1. The molecule has 0 fully saturated rings. The molecule has 0 saturated heterocycles. The zero-order chi connectivity index (χ0) is 72.5. The van der Waals surface area contributed by atoms with Gasteiger partial charge in [0.25, 0.3) is 0 Å². The zero-order valence-electron chi connectivity index (χ0n) is 67.5. The van der Waals surface area contributed by atoms with Crippen molar-refractivity contribution in [1.29, 1.82) is 0 Å². The van der Waals surface area contributed by atoms with Gasteiger partial charge in [-0.25, -0.2) is 4.57 Å².